The van der Waals surface area contributed by atoms with E-state index >= 15 is 0 Å². The molecule has 2 aromatic rings. The van der Waals surface area contributed by atoms with Crippen LogP contribution in [0.25, 0.3) is 0 Å². The normalized spacial score (nSPS) is 25.0. The Bertz CT molecular complexity index is 604. The minimum atomic E-state index is 0.144. The summed E-state index contributed by atoms with van der Waals surface area (Å²) in [5.74, 6) is 2.10. The molecule has 2 unspecified atom stereocenters. The lowest BCUT2D eigenvalue weighted by molar-refractivity contribution is 0.109. The van der Waals surface area contributed by atoms with Crippen molar-refractivity contribution in [2.45, 2.75) is 38.0 Å². The van der Waals surface area contributed by atoms with Crippen LogP contribution in [0.2, 0.25) is 0 Å². The minimum absolute atomic E-state index is 0.144. The smallest absolute Gasteiger partial charge is 0.154 e. The van der Waals surface area contributed by atoms with Crippen molar-refractivity contribution in [3.63, 3.8) is 0 Å². The van der Waals surface area contributed by atoms with Crippen molar-refractivity contribution in [2.24, 2.45) is 0 Å². The average Bonchev–Trinajstić information content (AvgIpc) is 3.19. The Morgan fingerprint density at radius 3 is 2.95 bits per heavy atom. The molecule has 0 bridgehead atoms. The van der Waals surface area contributed by atoms with Crippen LogP contribution in [0.15, 0.2) is 30.3 Å². The van der Waals surface area contributed by atoms with E-state index in [-0.39, 0.29) is 6.04 Å². The van der Waals surface area contributed by atoms with Crippen molar-refractivity contribution in [3.05, 3.63) is 47.5 Å². The van der Waals surface area contributed by atoms with Gasteiger partial charge in [-0.25, -0.2) is 0 Å². The second-order valence-electron chi connectivity index (χ2n) is 5.76. The van der Waals surface area contributed by atoms with Gasteiger partial charge in [-0.2, -0.15) is 0 Å². The summed E-state index contributed by atoms with van der Waals surface area (Å²) in [7, 11) is 0. The highest BCUT2D eigenvalue weighted by Crippen LogP contribution is 2.25. The van der Waals surface area contributed by atoms with Crippen molar-refractivity contribution in [2.75, 3.05) is 13.2 Å². The molecule has 1 aromatic carbocycles. The lowest BCUT2D eigenvalue weighted by Crippen LogP contribution is -2.35. The fourth-order valence-electron chi connectivity index (χ4n) is 3.29. The standard InChI is InChI=1S/C16H20N4O/c1-2-5-12(6-3-1)15-16-19-18-14(20(16)9-8-17-15)11-13-7-4-10-21-13/h1-3,5-6,13,15,17H,4,7-11H2. The van der Waals surface area contributed by atoms with E-state index in [1.165, 1.54) is 12.0 Å². The number of aromatic nitrogens is 3. The summed E-state index contributed by atoms with van der Waals surface area (Å²) < 4.78 is 8.01. The van der Waals surface area contributed by atoms with Crippen molar-refractivity contribution >= 4 is 0 Å². The van der Waals surface area contributed by atoms with Crippen molar-refractivity contribution < 1.29 is 4.74 Å². The van der Waals surface area contributed by atoms with Crippen molar-refractivity contribution in [1.82, 2.24) is 20.1 Å². The fourth-order valence-corrected chi connectivity index (χ4v) is 3.29. The Morgan fingerprint density at radius 1 is 1.24 bits per heavy atom. The lowest BCUT2D eigenvalue weighted by Gasteiger charge is -2.25. The van der Waals surface area contributed by atoms with Crippen LogP contribution in [-0.4, -0.2) is 34.0 Å². The molecule has 0 aliphatic carbocycles. The van der Waals surface area contributed by atoms with Gasteiger partial charge in [0, 0.05) is 26.1 Å². The summed E-state index contributed by atoms with van der Waals surface area (Å²) in [5.41, 5.74) is 1.24. The molecule has 0 radical (unpaired) electrons. The quantitative estimate of drug-likeness (QED) is 0.932. The summed E-state index contributed by atoms with van der Waals surface area (Å²) in [6, 6.07) is 10.6. The zero-order chi connectivity index (χ0) is 14.1. The fraction of sp³-hybridized carbons (Fsp3) is 0.500. The summed E-state index contributed by atoms with van der Waals surface area (Å²) in [4.78, 5) is 0. The van der Waals surface area contributed by atoms with Crippen LogP contribution in [0.5, 0.6) is 0 Å². The van der Waals surface area contributed by atoms with Gasteiger partial charge in [-0.3, -0.25) is 0 Å². The number of rotatable bonds is 3. The van der Waals surface area contributed by atoms with Gasteiger partial charge in [0.15, 0.2) is 5.82 Å². The van der Waals surface area contributed by atoms with Gasteiger partial charge < -0.3 is 14.6 Å². The molecule has 5 nitrogen and oxygen atoms in total. The number of hydrogen-bond acceptors (Lipinski definition) is 4. The van der Waals surface area contributed by atoms with Crippen LogP contribution in [0, 0.1) is 0 Å². The summed E-state index contributed by atoms with van der Waals surface area (Å²) in [5, 5.41) is 12.4. The molecule has 2 atom stereocenters. The summed E-state index contributed by atoms with van der Waals surface area (Å²) in [6.45, 7) is 2.77. The zero-order valence-corrected chi connectivity index (χ0v) is 12.0. The van der Waals surface area contributed by atoms with Crippen LogP contribution in [-0.2, 0) is 17.7 Å². The molecule has 0 saturated carbocycles. The van der Waals surface area contributed by atoms with Crippen LogP contribution in [0.4, 0.5) is 0 Å². The SMILES string of the molecule is c1ccc(C2NCCn3c(CC4CCCO4)nnc32)cc1. The van der Waals surface area contributed by atoms with E-state index in [2.05, 4.69) is 44.3 Å². The number of hydrogen-bond donors (Lipinski definition) is 1. The van der Waals surface area contributed by atoms with E-state index in [1.54, 1.807) is 0 Å². The molecule has 110 valence electrons. The molecule has 2 aliphatic rings. The number of nitrogens with one attached hydrogen (secondary N) is 1. The molecule has 3 heterocycles. The highest BCUT2D eigenvalue weighted by Gasteiger charge is 2.27. The van der Waals surface area contributed by atoms with E-state index in [9.17, 15) is 0 Å². The number of nitrogens with zero attached hydrogens (tertiary/aromatic N) is 3. The Kier molecular flexibility index (Phi) is 3.45. The van der Waals surface area contributed by atoms with Gasteiger partial charge in [0.1, 0.15) is 5.82 Å². The molecule has 0 spiro atoms. The van der Waals surface area contributed by atoms with E-state index in [0.29, 0.717) is 6.10 Å². The third-order valence-corrected chi connectivity index (χ3v) is 4.37. The molecular formula is C16H20N4O. The van der Waals surface area contributed by atoms with Gasteiger partial charge in [-0.15, -0.1) is 10.2 Å². The first-order chi connectivity index (χ1) is 10.4. The van der Waals surface area contributed by atoms with Crippen LogP contribution in [0.3, 0.4) is 0 Å². The highest BCUT2D eigenvalue weighted by molar-refractivity contribution is 5.26. The second-order valence-corrected chi connectivity index (χ2v) is 5.76. The van der Waals surface area contributed by atoms with Gasteiger partial charge in [-0.05, 0) is 18.4 Å². The number of fused-ring (bicyclic) bond motifs is 1. The molecule has 5 heteroatoms. The summed E-state index contributed by atoms with van der Waals surface area (Å²) in [6.07, 6.45) is 3.51. The van der Waals surface area contributed by atoms with Crippen molar-refractivity contribution in [3.8, 4) is 0 Å². The van der Waals surface area contributed by atoms with Gasteiger partial charge in [0.25, 0.3) is 0 Å². The maximum absolute atomic E-state index is 5.73. The van der Waals surface area contributed by atoms with Crippen LogP contribution in [0.1, 0.15) is 36.1 Å². The Balaban J connectivity index is 1.62. The van der Waals surface area contributed by atoms with Gasteiger partial charge in [0.2, 0.25) is 0 Å². The average molecular weight is 284 g/mol. The van der Waals surface area contributed by atoms with Crippen LogP contribution >= 0.6 is 0 Å². The van der Waals surface area contributed by atoms with E-state index < -0.39 is 0 Å². The van der Waals surface area contributed by atoms with E-state index in [0.717, 1.165) is 44.2 Å². The predicted molar refractivity (Wildman–Crippen MR) is 79.0 cm³/mol. The summed E-state index contributed by atoms with van der Waals surface area (Å²) >= 11 is 0. The molecule has 0 amide bonds. The van der Waals surface area contributed by atoms with Gasteiger partial charge in [0.05, 0.1) is 12.1 Å². The molecular weight excluding hydrogens is 264 g/mol. The molecule has 2 aliphatic heterocycles. The second kappa shape index (κ2) is 5.58. The number of benzene rings is 1. The third-order valence-electron chi connectivity index (χ3n) is 4.37. The molecule has 1 aromatic heterocycles. The molecule has 21 heavy (non-hydrogen) atoms. The van der Waals surface area contributed by atoms with E-state index in [4.69, 9.17) is 4.74 Å². The first kappa shape index (κ1) is 13.0. The number of ether oxygens (including phenoxy) is 1. The Morgan fingerprint density at radius 2 is 2.14 bits per heavy atom. The molecule has 1 fully saturated rings. The van der Waals surface area contributed by atoms with Crippen LogP contribution < -0.4 is 5.32 Å². The monoisotopic (exact) mass is 284 g/mol. The van der Waals surface area contributed by atoms with Gasteiger partial charge in [-0.1, -0.05) is 30.3 Å². The Labute approximate surface area is 124 Å². The minimum Gasteiger partial charge on any atom is -0.378 e. The highest BCUT2D eigenvalue weighted by atomic mass is 16.5. The van der Waals surface area contributed by atoms with E-state index in [1.807, 2.05) is 6.07 Å². The largest absolute Gasteiger partial charge is 0.378 e. The molecule has 1 saturated heterocycles. The first-order valence-corrected chi connectivity index (χ1v) is 7.74. The molecule has 1 N–H and O–H groups in total. The topological polar surface area (TPSA) is 52.0 Å². The first-order valence-electron chi connectivity index (χ1n) is 7.74. The maximum atomic E-state index is 5.73. The predicted octanol–water partition coefficient (Wildman–Crippen LogP) is 1.69. The lowest BCUT2D eigenvalue weighted by atomic mass is 10.0. The zero-order valence-electron chi connectivity index (χ0n) is 12.0. The Hall–Kier alpha value is -1.72. The van der Waals surface area contributed by atoms with Crippen molar-refractivity contribution in [1.29, 1.82) is 0 Å². The maximum Gasteiger partial charge on any atom is 0.154 e. The van der Waals surface area contributed by atoms with Gasteiger partial charge >= 0.3 is 0 Å². The molecule has 4 rings (SSSR count). The third kappa shape index (κ3) is 2.47.